The number of thioether (sulfide) groups is 1. The summed E-state index contributed by atoms with van der Waals surface area (Å²) in [6, 6.07) is 0. The summed E-state index contributed by atoms with van der Waals surface area (Å²) < 4.78 is 1.69. The van der Waals surface area contributed by atoms with E-state index in [1.807, 2.05) is 30.5 Å². The number of aryl methyl sites for hydroxylation is 2. The van der Waals surface area contributed by atoms with Crippen LogP contribution in [0.1, 0.15) is 23.2 Å². The fourth-order valence-electron chi connectivity index (χ4n) is 2.75. The van der Waals surface area contributed by atoms with Gasteiger partial charge in [0.1, 0.15) is 6.33 Å². The quantitative estimate of drug-likeness (QED) is 0.854. The molecule has 1 saturated heterocycles. The minimum Gasteiger partial charge on any atom is -0.341 e. The second kappa shape index (κ2) is 6.01. The van der Waals surface area contributed by atoms with E-state index in [1.165, 1.54) is 0 Å². The van der Waals surface area contributed by atoms with Crippen LogP contribution in [0.25, 0.3) is 5.65 Å². The molecular weight excluding hydrogens is 286 g/mol. The summed E-state index contributed by atoms with van der Waals surface area (Å²) in [5.74, 6) is 2.35. The van der Waals surface area contributed by atoms with Crippen molar-refractivity contribution in [2.45, 2.75) is 26.7 Å². The highest BCUT2D eigenvalue weighted by atomic mass is 32.2. The molecule has 0 aliphatic carbocycles. The zero-order chi connectivity index (χ0) is 14.8. The Balaban J connectivity index is 1.74. The van der Waals surface area contributed by atoms with E-state index >= 15 is 0 Å². The topological polar surface area (TPSA) is 63.4 Å². The first-order valence-electron chi connectivity index (χ1n) is 7.18. The predicted octanol–water partition coefficient (Wildman–Crippen LogP) is 1.25. The van der Waals surface area contributed by atoms with Crippen LogP contribution in [0.2, 0.25) is 0 Å². The number of carbonyl (C=O) groups excluding carboxylic acids is 1. The number of amides is 1. The number of aromatic nitrogens is 4. The Hall–Kier alpha value is -1.63. The van der Waals surface area contributed by atoms with E-state index in [0.29, 0.717) is 6.42 Å². The maximum Gasteiger partial charge on any atom is 0.222 e. The summed E-state index contributed by atoms with van der Waals surface area (Å²) in [5.41, 5.74) is 3.91. The molecule has 0 saturated carbocycles. The fourth-order valence-corrected chi connectivity index (χ4v) is 3.65. The smallest absolute Gasteiger partial charge is 0.222 e. The molecule has 0 atom stereocenters. The molecule has 6 nitrogen and oxygen atoms in total. The van der Waals surface area contributed by atoms with Crippen molar-refractivity contribution in [1.82, 2.24) is 24.7 Å². The normalized spacial score (nSPS) is 15.6. The van der Waals surface area contributed by atoms with E-state index in [2.05, 4.69) is 15.3 Å². The highest BCUT2D eigenvalue weighted by molar-refractivity contribution is 7.99. The van der Waals surface area contributed by atoms with Gasteiger partial charge in [-0.3, -0.25) is 4.79 Å². The van der Waals surface area contributed by atoms with E-state index in [1.54, 1.807) is 10.8 Å². The fraction of sp³-hybridized carbons (Fsp3) is 0.571. The Morgan fingerprint density at radius 1 is 1.33 bits per heavy atom. The van der Waals surface area contributed by atoms with Gasteiger partial charge in [-0.1, -0.05) is 0 Å². The number of rotatable bonds is 3. The molecule has 0 bridgehead atoms. The molecule has 7 heteroatoms. The summed E-state index contributed by atoms with van der Waals surface area (Å²) >= 11 is 1.92. The summed E-state index contributed by atoms with van der Waals surface area (Å²) in [4.78, 5) is 14.2. The van der Waals surface area contributed by atoms with Crippen LogP contribution < -0.4 is 0 Å². The second-order valence-corrected chi connectivity index (χ2v) is 6.51. The van der Waals surface area contributed by atoms with Crippen LogP contribution >= 0.6 is 11.8 Å². The van der Waals surface area contributed by atoms with Gasteiger partial charge in [-0.2, -0.15) is 16.9 Å². The number of fused-ring (bicyclic) bond motifs is 1. The van der Waals surface area contributed by atoms with Gasteiger partial charge in [0, 0.05) is 36.6 Å². The summed E-state index contributed by atoms with van der Waals surface area (Å²) in [7, 11) is 0. The second-order valence-electron chi connectivity index (χ2n) is 5.28. The van der Waals surface area contributed by atoms with Crippen molar-refractivity contribution in [2.24, 2.45) is 0 Å². The van der Waals surface area contributed by atoms with Crippen LogP contribution in [0.4, 0.5) is 0 Å². The van der Waals surface area contributed by atoms with Gasteiger partial charge in [0.15, 0.2) is 5.65 Å². The van der Waals surface area contributed by atoms with E-state index in [4.69, 9.17) is 0 Å². The molecule has 21 heavy (non-hydrogen) atoms. The molecule has 0 unspecified atom stereocenters. The van der Waals surface area contributed by atoms with Crippen LogP contribution in [-0.2, 0) is 11.2 Å². The van der Waals surface area contributed by atoms with Crippen molar-refractivity contribution in [2.75, 3.05) is 24.6 Å². The van der Waals surface area contributed by atoms with Crippen molar-refractivity contribution in [3.63, 3.8) is 0 Å². The molecule has 1 aliphatic heterocycles. The molecule has 112 valence electrons. The highest BCUT2D eigenvalue weighted by Gasteiger charge is 2.18. The SMILES string of the molecule is Cc1nn2cnnc2c(C)c1CCC(=O)N1CCSCC1. The molecular formula is C14H19N5OS. The van der Waals surface area contributed by atoms with Gasteiger partial charge in [0.2, 0.25) is 5.91 Å². The highest BCUT2D eigenvalue weighted by Crippen LogP contribution is 2.18. The van der Waals surface area contributed by atoms with Crippen molar-refractivity contribution in [3.8, 4) is 0 Å². The van der Waals surface area contributed by atoms with Crippen molar-refractivity contribution >= 4 is 23.3 Å². The number of hydrogen-bond acceptors (Lipinski definition) is 5. The lowest BCUT2D eigenvalue weighted by Crippen LogP contribution is -2.38. The predicted molar refractivity (Wildman–Crippen MR) is 82.5 cm³/mol. The van der Waals surface area contributed by atoms with E-state index < -0.39 is 0 Å². The monoisotopic (exact) mass is 305 g/mol. The average Bonchev–Trinajstić information content (AvgIpc) is 2.96. The van der Waals surface area contributed by atoms with Gasteiger partial charge in [-0.15, -0.1) is 10.2 Å². The zero-order valence-electron chi connectivity index (χ0n) is 12.4. The average molecular weight is 305 g/mol. The lowest BCUT2D eigenvalue weighted by atomic mass is 10.0. The largest absolute Gasteiger partial charge is 0.341 e. The van der Waals surface area contributed by atoms with Gasteiger partial charge in [0.05, 0.1) is 5.69 Å². The molecule has 3 rings (SSSR count). The van der Waals surface area contributed by atoms with Crippen LogP contribution in [0.5, 0.6) is 0 Å². The molecule has 1 fully saturated rings. The minimum atomic E-state index is 0.246. The first-order valence-corrected chi connectivity index (χ1v) is 8.34. The zero-order valence-corrected chi connectivity index (χ0v) is 13.2. The summed E-state index contributed by atoms with van der Waals surface area (Å²) in [6.45, 7) is 5.76. The molecule has 2 aromatic heterocycles. The van der Waals surface area contributed by atoms with E-state index in [0.717, 1.165) is 53.5 Å². The Labute approximate surface area is 127 Å². The Morgan fingerprint density at radius 3 is 2.86 bits per heavy atom. The third kappa shape index (κ3) is 2.88. The molecule has 0 N–H and O–H groups in total. The summed E-state index contributed by atoms with van der Waals surface area (Å²) in [6.07, 6.45) is 2.87. The van der Waals surface area contributed by atoms with Crippen LogP contribution in [0, 0.1) is 13.8 Å². The molecule has 2 aromatic rings. The van der Waals surface area contributed by atoms with Crippen molar-refractivity contribution < 1.29 is 4.79 Å². The standard InChI is InChI=1S/C14H19N5OS/c1-10-12(11(2)17-19-9-15-16-14(10)19)3-4-13(20)18-5-7-21-8-6-18/h9H,3-8H2,1-2H3. The maximum atomic E-state index is 12.3. The summed E-state index contributed by atoms with van der Waals surface area (Å²) in [5, 5.41) is 12.4. The Bertz CT molecular complexity index is 663. The first kappa shape index (κ1) is 14.3. The lowest BCUT2D eigenvalue weighted by molar-refractivity contribution is -0.130. The van der Waals surface area contributed by atoms with Crippen molar-refractivity contribution in [1.29, 1.82) is 0 Å². The van der Waals surface area contributed by atoms with Gasteiger partial charge >= 0.3 is 0 Å². The van der Waals surface area contributed by atoms with Gasteiger partial charge in [-0.25, -0.2) is 4.52 Å². The minimum absolute atomic E-state index is 0.246. The van der Waals surface area contributed by atoms with Crippen LogP contribution in [0.15, 0.2) is 6.33 Å². The molecule has 3 heterocycles. The van der Waals surface area contributed by atoms with Gasteiger partial charge in [0.25, 0.3) is 0 Å². The molecule has 0 spiro atoms. The molecule has 1 aliphatic rings. The van der Waals surface area contributed by atoms with Crippen molar-refractivity contribution in [3.05, 3.63) is 23.1 Å². The molecule has 1 amide bonds. The van der Waals surface area contributed by atoms with Crippen LogP contribution in [-0.4, -0.2) is 55.2 Å². The molecule has 0 aromatic carbocycles. The maximum absolute atomic E-state index is 12.3. The van der Waals surface area contributed by atoms with E-state index in [9.17, 15) is 4.79 Å². The molecule has 0 radical (unpaired) electrons. The van der Waals surface area contributed by atoms with E-state index in [-0.39, 0.29) is 5.91 Å². The third-order valence-electron chi connectivity index (χ3n) is 3.97. The number of carbonyl (C=O) groups is 1. The number of nitrogens with zero attached hydrogens (tertiary/aromatic N) is 5. The third-order valence-corrected chi connectivity index (χ3v) is 4.91. The van der Waals surface area contributed by atoms with Gasteiger partial charge in [-0.05, 0) is 25.8 Å². The lowest BCUT2D eigenvalue weighted by Gasteiger charge is -2.26. The van der Waals surface area contributed by atoms with Crippen LogP contribution in [0.3, 0.4) is 0 Å². The number of hydrogen-bond donors (Lipinski definition) is 0. The Morgan fingerprint density at radius 2 is 2.10 bits per heavy atom. The van der Waals surface area contributed by atoms with Gasteiger partial charge < -0.3 is 4.90 Å². The Kier molecular flexibility index (Phi) is 4.10. The first-order chi connectivity index (χ1) is 10.2.